The summed E-state index contributed by atoms with van der Waals surface area (Å²) >= 11 is 0. The summed E-state index contributed by atoms with van der Waals surface area (Å²) in [6.07, 6.45) is 2.96. The van der Waals surface area contributed by atoms with E-state index in [-0.39, 0.29) is 24.2 Å². The first-order chi connectivity index (χ1) is 7.72. The van der Waals surface area contributed by atoms with Gasteiger partial charge in [-0.3, -0.25) is 4.79 Å². The number of aromatic nitrogens is 1. The molecule has 1 aliphatic carbocycles. The fourth-order valence-electron chi connectivity index (χ4n) is 1.59. The summed E-state index contributed by atoms with van der Waals surface area (Å²) in [5, 5.41) is 8.88. The Labute approximate surface area is 92.7 Å². The Bertz CT molecular complexity index is 376. The van der Waals surface area contributed by atoms with Crippen molar-refractivity contribution in [1.29, 1.82) is 0 Å². The Morgan fingerprint density at radius 2 is 2.31 bits per heavy atom. The number of aliphatic hydroxyl groups is 1. The Morgan fingerprint density at radius 3 is 2.81 bits per heavy atom. The van der Waals surface area contributed by atoms with Gasteiger partial charge in [-0.25, -0.2) is 9.37 Å². The van der Waals surface area contributed by atoms with E-state index in [4.69, 9.17) is 5.11 Å². The van der Waals surface area contributed by atoms with Gasteiger partial charge in [-0.1, -0.05) is 0 Å². The van der Waals surface area contributed by atoms with Crippen molar-refractivity contribution in [3.63, 3.8) is 0 Å². The standard InChI is InChI=1S/C11H13FN2O2/c12-8-1-4-10(13-7-8)11(16)14(5-6-15)9-2-3-9/h1,4,7,9,15H,2-3,5-6H2. The number of amides is 1. The molecule has 1 heterocycles. The summed E-state index contributed by atoms with van der Waals surface area (Å²) in [6, 6.07) is 2.79. The largest absolute Gasteiger partial charge is 0.395 e. The van der Waals surface area contributed by atoms with E-state index in [1.165, 1.54) is 12.1 Å². The van der Waals surface area contributed by atoms with Gasteiger partial charge in [-0.15, -0.1) is 0 Å². The summed E-state index contributed by atoms with van der Waals surface area (Å²) in [5.74, 6) is -0.701. The number of aliphatic hydroxyl groups excluding tert-OH is 1. The summed E-state index contributed by atoms with van der Waals surface area (Å²) in [4.78, 5) is 17.3. The van der Waals surface area contributed by atoms with E-state index in [2.05, 4.69) is 4.98 Å². The van der Waals surface area contributed by atoms with Crippen LogP contribution >= 0.6 is 0 Å². The van der Waals surface area contributed by atoms with Gasteiger partial charge in [0.15, 0.2) is 0 Å². The number of hydrogen-bond donors (Lipinski definition) is 1. The number of pyridine rings is 1. The van der Waals surface area contributed by atoms with Crippen molar-refractivity contribution in [3.8, 4) is 0 Å². The molecule has 4 nitrogen and oxygen atoms in total. The molecule has 1 saturated carbocycles. The third-order valence-electron chi connectivity index (χ3n) is 2.54. The lowest BCUT2D eigenvalue weighted by atomic mass is 10.3. The highest BCUT2D eigenvalue weighted by molar-refractivity contribution is 5.92. The van der Waals surface area contributed by atoms with Gasteiger partial charge in [0, 0.05) is 12.6 Å². The molecule has 0 radical (unpaired) electrons. The predicted octanol–water partition coefficient (Wildman–Crippen LogP) is 0.818. The van der Waals surface area contributed by atoms with E-state index in [9.17, 15) is 9.18 Å². The smallest absolute Gasteiger partial charge is 0.272 e. The topological polar surface area (TPSA) is 53.4 Å². The third-order valence-corrected chi connectivity index (χ3v) is 2.54. The molecule has 86 valence electrons. The molecule has 0 unspecified atom stereocenters. The number of halogens is 1. The predicted molar refractivity (Wildman–Crippen MR) is 55.3 cm³/mol. The molecule has 1 aromatic heterocycles. The number of carbonyl (C=O) groups excluding carboxylic acids is 1. The molecule has 1 aromatic rings. The van der Waals surface area contributed by atoms with E-state index >= 15 is 0 Å². The van der Waals surface area contributed by atoms with Crippen molar-refractivity contribution in [1.82, 2.24) is 9.88 Å². The average molecular weight is 224 g/mol. The molecule has 16 heavy (non-hydrogen) atoms. The zero-order valence-electron chi connectivity index (χ0n) is 8.77. The fraction of sp³-hybridized carbons (Fsp3) is 0.455. The van der Waals surface area contributed by atoms with Crippen molar-refractivity contribution in [2.45, 2.75) is 18.9 Å². The summed E-state index contributed by atoms with van der Waals surface area (Å²) in [7, 11) is 0. The lowest BCUT2D eigenvalue weighted by Crippen LogP contribution is -2.35. The maximum absolute atomic E-state index is 12.6. The SMILES string of the molecule is O=C(c1ccc(F)cn1)N(CCO)C1CC1. The lowest BCUT2D eigenvalue weighted by Gasteiger charge is -2.20. The van der Waals surface area contributed by atoms with Gasteiger partial charge in [-0.05, 0) is 25.0 Å². The van der Waals surface area contributed by atoms with E-state index in [0.29, 0.717) is 6.54 Å². The van der Waals surface area contributed by atoms with Crippen LogP contribution in [0.3, 0.4) is 0 Å². The van der Waals surface area contributed by atoms with Crippen molar-refractivity contribution in [2.75, 3.05) is 13.2 Å². The monoisotopic (exact) mass is 224 g/mol. The highest BCUT2D eigenvalue weighted by Gasteiger charge is 2.32. The molecule has 5 heteroatoms. The summed E-state index contributed by atoms with van der Waals surface area (Å²) in [6.45, 7) is 0.242. The Kier molecular flexibility index (Phi) is 3.14. The zero-order valence-corrected chi connectivity index (χ0v) is 8.77. The first-order valence-corrected chi connectivity index (χ1v) is 5.26. The second-order valence-corrected chi connectivity index (χ2v) is 3.81. The van der Waals surface area contributed by atoms with Crippen LogP contribution < -0.4 is 0 Å². The van der Waals surface area contributed by atoms with Gasteiger partial charge in [0.1, 0.15) is 11.5 Å². The molecule has 1 amide bonds. The number of carbonyl (C=O) groups is 1. The van der Waals surface area contributed by atoms with Crippen LogP contribution in [0.1, 0.15) is 23.3 Å². The molecule has 0 bridgehead atoms. The maximum atomic E-state index is 12.6. The van der Waals surface area contributed by atoms with E-state index in [1.807, 2.05) is 0 Å². The molecule has 0 aliphatic heterocycles. The Balaban J connectivity index is 2.12. The molecule has 2 rings (SSSR count). The normalized spacial score (nSPS) is 14.9. The molecule has 0 aromatic carbocycles. The minimum absolute atomic E-state index is 0.0660. The minimum Gasteiger partial charge on any atom is -0.395 e. The molecular weight excluding hydrogens is 211 g/mol. The lowest BCUT2D eigenvalue weighted by molar-refractivity contribution is 0.0701. The molecule has 0 saturated heterocycles. The maximum Gasteiger partial charge on any atom is 0.272 e. The van der Waals surface area contributed by atoms with Crippen LogP contribution in [0, 0.1) is 5.82 Å². The highest BCUT2D eigenvalue weighted by atomic mass is 19.1. The number of rotatable bonds is 4. The van der Waals surface area contributed by atoms with Crippen molar-refractivity contribution in [3.05, 3.63) is 29.8 Å². The Morgan fingerprint density at radius 1 is 1.56 bits per heavy atom. The minimum atomic E-state index is -0.461. The van der Waals surface area contributed by atoms with E-state index in [1.54, 1.807) is 4.90 Å². The molecule has 0 atom stereocenters. The second kappa shape index (κ2) is 4.57. The van der Waals surface area contributed by atoms with Gasteiger partial charge < -0.3 is 10.0 Å². The van der Waals surface area contributed by atoms with Crippen molar-refractivity contribution in [2.24, 2.45) is 0 Å². The number of hydrogen-bond acceptors (Lipinski definition) is 3. The van der Waals surface area contributed by atoms with Crippen LogP contribution in [0.25, 0.3) is 0 Å². The van der Waals surface area contributed by atoms with Crippen molar-refractivity contribution >= 4 is 5.91 Å². The Hall–Kier alpha value is -1.49. The van der Waals surface area contributed by atoms with Gasteiger partial charge >= 0.3 is 0 Å². The highest BCUT2D eigenvalue weighted by Crippen LogP contribution is 2.27. The van der Waals surface area contributed by atoms with Crippen LogP contribution in [-0.2, 0) is 0 Å². The fourth-order valence-corrected chi connectivity index (χ4v) is 1.59. The van der Waals surface area contributed by atoms with Crippen LogP contribution in [0.2, 0.25) is 0 Å². The zero-order chi connectivity index (χ0) is 11.5. The molecule has 0 spiro atoms. The van der Waals surface area contributed by atoms with Crippen LogP contribution in [0.15, 0.2) is 18.3 Å². The van der Waals surface area contributed by atoms with Gasteiger partial charge in [0.25, 0.3) is 5.91 Å². The molecule has 1 aliphatic rings. The van der Waals surface area contributed by atoms with Crippen molar-refractivity contribution < 1.29 is 14.3 Å². The summed E-state index contributed by atoms with van der Waals surface area (Å²) in [5.41, 5.74) is 0.224. The van der Waals surface area contributed by atoms with Crippen LogP contribution in [-0.4, -0.2) is 40.1 Å². The molecule has 1 N–H and O–H groups in total. The van der Waals surface area contributed by atoms with Crippen LogP contribution in [0.4, 0.5) is 4.39 Å². The first kappa shape index (κ1) is 11.0. The third kappa shape index (κ3) is 2.36. The second-order valence-electron chi connectivity index (χ2n) is 3.81. The molecular formula is C11H13FN2O2. The summed E-state index contributed by atoms with van der Waals surface area (Å²) < 4.78 is 12.6. The van der Waals surface area contributed by atoms with Gasteiger partial charge in [0.05, 0.1) is 12.8 Å². The van der Waals surface area contributed by atoms with E-state index < -0.39 is 5.82 Å². The van der Waals surface area contributed by atoms with Crippen LogP contribution in [0.5, 0.6) is 0 Å². The quantitative estimate of drug-likeness (QED) is 0.823. The molecule has 1 fully saturated rings. The first-order valence-electron chi connectivity index (χ1n) is 5.26. The van der Waals surface area contributed by atoms with Gasteiger partial charge in [0.2, 0.25) is 0 Å². The number of nitrogens with zero attached hydrogens (tertiary/aromatic N) is 2. The van der Waals surface area contributed by atoms with Gasteiger partial charge in [-0.2, -0.15) is 0 Å². The average Bonchev–Trinajstić information content (AvgIpc) is 3.10. The van der Waals surface area contributed by atoms with E-state index in [0.717, 1.165) is 19.0 Å².